The molecule has 0 spiro atoms. The quantitative estimate of drug-likeness (QED) is 0.361. The molecular weight excluding hydrogens is 470 g/mol. The molecule has 1 saturated heterocycles. The van der Waals surface area contributed by atoms with Gasteiger partial charge in [-0.25, -0.2) is 4.21 Å². The molecule has 34 heavy (non-hydrogen) atoms. The number of anilines is 3. The van der Waals surface area contributed by atoms with Crippen LogP contribution >= 0.6 is 11.6 Å². The molecule has 3 aromatic carbocycles. The topological polar surface area (TPSA) is 73.8 Å². The highest BCUT2D eigenvalue weighted by Gasteiger charge is 2.23. The number of halogens is 1. The van der Waals surface area contributed by atoms with Crippen molar-refractivity contribution in [3.05, 3.63) is 82.4 Å². The van der Waals surface area contributed by atoms with E-state index in [0.717, 1.165) is 59.9 Å². The van der Waals surface area contributed by atoms with E-state index in [0.29, 0.717) is 10.8 Å². The predicted octanol–water partition coefficient (Wildman–Crippen LogP) is 5.38. The van der Waals surface area contributed by atoms with Gasteiger partial charge in [-0.3, -0.25) is 0 Å². The van der Waals surface area contributed by atoms with Crippen LogP contribution in [0, 0.1) is 0 Å². The van der Waals surface area contributed by atoms with Crippen molar-refractivity contribution in [1.82, 2.24) is 5.32 Å². The number of hydrogen-bond acceptors (Lipinski definition) is 5. The normalized spacial score (nSPS) is 15.6. The second kappa shape index (κ2) is 11.2. The minimum Gasteiger partial charge on any atom is -0.497 e. The molecule has 2 unspecified atom stereocenters. The van der Waals surface area contributed by atoms with Crippen LogP contribution < -0.4 is 20.3 Å². The van der Waals surface area contributed by atoms with Crippen molar-refractivity contribution in [2.24, 2.45) is 0 Å². The van der Waals surface area contributed by atoms with Crippen LogP contribution in [0.3, 0.4) is 0 Å². The van der Waals surface area contributed by atoms with Crippen LogP contribution in [0.1, 0.15) is 29.5 Å². The average Bonchev–Trinajstić information content (AvgIpc) is 2.84. The highest BCUT2D eigenvalue weighted by molar-refractivity contribution is 7.78. The number of para-hydroxylation sites is 1. The van der Waals surface area contributed by atoms with Gasteiger partial charge in [0.05, 0.1) is 12.9 Å². The van der Waals surface area contributed by atoms with Gasteiger partial charge in [-0.2, -0.15) is 0 Å². The Bertz CT molecular complexity index is 1150. The summed E-state index contributed by atoms with van der Waals surface area (Å²) in [5.41, 5.74) is 5.78. The van der Waals surface area contributed by atoms with Crippen molar-refractivity contribution in [1.29, 1.82) is 0 Å². The standard InChI is InChI=1S/C26H30ClN3O3S/c1-18(19-12-21(27)15-23(13-19)33-2)24-14-20(17-34(31)32)25(29-22-6-4-3-5-7-22)16-26(24)30-10-8-28-9-11-30/h3-7,12-16,18,28-29H,8-11,17H2,1-2H3,(H,31,32). The van der Waals surface area contributed by atoms with E-state index in [9.17, 15) is 8.76 Å². The molecule has 1 fully saturated rings. The summed E-state index contributed by atoms with van der Waals surface area (Å²) >= 11 is 4.41. The summed E-state index contributed by atoms with van der Waals surface area (Å²) in [5, 5.41) is 7.49. The van der Waals surface area contributed by atoms with Gasteiger partial charge in [0.25, 0.3) is 0 Å². The molecule has 1 heterocycles. The fourth-order valence-electron chi connectivity index (χ4n) is 4.36. The third kappa shape index (κ3) is 5.91. The minimum absolute atomic E-state index is 0.00543. The van der Waals surface area contributed by atoms with Crippen LogP contribution in [0.25, 0.3) is 0 Å². The smallest absolute Gasteiger partial charge is 0.157 e. The number of hydrogen-bond donors (Lipinski definition) is 3. The van der Waals surface area contributed by atoms with Gasteiger partial charge in [0.15, 0.2) is 11.1 Å². The van der Waals surface area contributed by atoms with Crippen molar-refractivity contribution in [3.8, 4) is 5.75 Å². The van der Waals surface area contributed by atoms with Crippen molar-refractivity contribution >= 4 is 39.7 Å². The third-order valence-electron chi connectivity index (χ3n) is 6.14. The summed E-state index contributed by atoms with van der Waals surface area (Å²) in [5.74, 6) is 0.738. The van der Waals surface area contributed by atoms with Crippen LogP contribution in [0.4, 0.5) is 17.1 Å². The van der Waals surface area contributed by atoms with Crippen molar-refractivity contribution in [2.75, 3.05) is 43.5 Å². The lowest BCUT2D eigenvalue weighted by Gasteiger charge is -2.33. The van der Waals surface area contributed by atoms with E-state index in [-0.39, 0.29) is 11.7 Å². The highest BCUT2D eigenvalue weighted by atomic mass is 35.5. The first-order chi connectivity index (χ1) is 16.4. The maximum absolute atomic E-state index is 11.9. The van der Waals surface area contributed by atoms with Crippen molar-refractivity contribution in [2.45, 2.75) is 18.6 Å². The molecule has 3 aromatic rings. The Kier molecular flexibility index (Phi) is 8.11. The lowest BCUT2D eigenvalue weighted by molar-refractivity contribution is 0.414. The van der Waals surface area contributed by atoms with E-state index < -0.39 is 11.1 Å². The van der Waals surface area contributed by atoms with E-state index in [1.165, 1.54) is 0 Å². The van der Waals surface area contributed by atoms with Crippen molar-refractivity contribution < 1.29 is 13.5 Å². The number of benzene rings is 3. The van der Waals surface area contributed by atoms with E-state index in [4.69, 9.17) is 16.3 Å². The van der Waals surface area contributed by atoms with Gasteiger partial charge < -0.3 is 24.8 Å². The largest absolute Gasteiger partial charge is 0.497 e. The number of methoxy groups -OCH3 is 1. The molecule has 0 saturated carbocycles. The summed E-state index contributed by atoms with van der Waals surface area (Å²) in [6.07, 6.45) is 0. The molecule has 8 heteroatoms. The maximum Gasteiger partial charge on any atom is 0.157 e. The highest BCUT2D eigenvalue weighted by Crippen LogP contribution is 2.39. The number of nitrogens with one attached hydrogen (secondary N) is 2. The van der Waals surface area contributed by atoms with E-state index >= 15 is 0 Å². The molecule has 3 N–H and O–H groups in total. The number of rotatable bonds is 8. The second-order valence-electron chi connectivity index (χ2n) is 8.41. The fourth-order valence-corrected chi connectivity index (χ4v) is 5.09. The zero-order valence-electron chi connectivity index (χ0n) is 19.4. The Labute approximate surface area is 208 Å². The second-order valence-corrected chi connectivity index (χ2v) is 9.78. The van der Waals surface area contributed by atoms with E-state index in [1.807, 2.05) is 42.5 Å². The van der Waals surface area contributed by atoms with Crippen LogP contribution in [0.2, 0.25) is 5.02 Å². The van der Waals surface area contributed by atoms with E-state index in [2.05, 4.69) is 34.6 Å². The maximum atomic E-state index is 11.9. The first-order valence-corrected chi connectivity index (χ1v) is 13.0. The molecule has 2 atom stereocenters. The summed E-state index contributed by atoms with van der Waals surface area (Å²) in [7, 11) is 1.63. The minimum atomic E-state index is -1.98. The van der Waals surface area contributed by atoms with Crippen LogP contribution in [-0.4, -0.2) is 42.1 Å². The molecule has 0 bridgehead atoms. The van der Waals surface area contributed by atoms with Gasteiger partial charge in [0.1, 0.15) is 5.75 Å². The van der Waals surface area contributed by atoms with Crippen LogP contribution in [0.5, 0.6) is 5.75 Å². The molecule has 6 nitrogen and oxygen atoms in total. The monoisotopic (exact) mass is 499 g/mol. The first-order valence-electron chi connectivity index (χ1n) is 11.3. The summed E-state index contributed by atoms with van der Waals surface area (Å²) in [4.78, 5) is 2.37. The van der Waals surface area contributed by atoms with Gasteiger partial charge in [-0.15, -0.1) is 0 Å². The van der Waals surface area contributed by atoms with Gasteiger partial charge >= 0.3 is 0 Å². The molecule has 1 aliphatic heterocycles. The lowest BCUT2D eigenvalue weighted by Crippen LogP contribution is -2.44. The summed E-state index contributed by atoms with van der Waals surface area (Å²) in [6, 6.07) is 19.8. The summed E-state index contributed by atoms with van der Waals surface area (Å²) < 4.78 is 27.1. The first kappa shape index (κ1) is 24.5. The Morgan fingerprint density at radius 3 is 2.56 bits per heavy atom. The Balaban J connectivity index is 1.84. The van der Waals surface area contributed by atoms with Gasteiger partial charge in [0.2, 0.25) is 0 Å². The summed E-state index contributed by atoms with van der Waals surface area (Å²) in [6.45, 7) is 5.71. The van der Waals surface area contributed by atoms with Crippen molar-refractivity contribution in [3.63, 3.8) is 0 Å². The molecule has 4 rings (SSSR count). The fraction of sp³-hybridized carbons (Fsp3) is 0.308. The molecule has 1 aliphatic rings. The van der Waals surface area contributed by atoms with E-state index in [1.54, 1.807) is 13.2 Å². The third-order valence-corrected chi connectivity index (χ3v) is 6.91. The average molecular weight is 500 g/mol. The zero-order chi connectivity index (χ0) is 24.1. The van der Waals surface area contributed by atoms with Crippen LogP contribution in [0.15, 0.2) is 60.7 Å². The van der Waals surface area contributed by atoms with Gasteiger partial charge in [0, 0.05) is 54.2 Å². The number of ether oxygens (including phenoxy) is 1. The molecule has 0 aromatic heterocycles. The Morgan fingerprint density at radius 2 is 1.88 bits per heavy atom. The molecule has 0 amide bonds. The predicted molar refractivity (Wildman–Crippen MR) is 141 cm³/mol. The molecular formula is C26H30ClN3O3S. The molecule has 180 valence electrons. The Morgan fingerprint density at radius 1 is 1.15 bits per heavy atom. The number of piperazine rings is 1. The van der Waals surface area contributed by atoms with Crippen LogP contribution in [-0.2, 0) is 16.8 Å². The lowest BCUT2D eigenvalue weighted by atomic mass is 9.89. The molecule has 0 radical (unpaired) electrons. The molecule has 0 aliphatic carbocycles. The zero-order valence-corrected chi connectivity index (χ0v) is 21.0. The SMILES string of the molecule is COc1cc(Cl)cc(C(C)c2cc(CS(=O)O)c(Nc3ccccc3)cc2N2CCNCC2)c1. The van der Waals surface area contributed by atoms with Gasteiger partial charge in [-0.1, -0.05) is 42.8 Å². The number of nitrogens with zero attached hydrogens (tertiary/aromatic N) is 1. The van der Waals surface area contributed by atoms with Gasteiger partial charge in [-0.05, 0) is 53.1 Å². The Hall–Kier alpha value is -2.58.